The van der Waals surface area contributed by atoms with Crippen molar-refractivity contribution in [3.63, 3.8) is 0 Å². The average molecular weight is 832 g/mol. The number of aryl methyl sites for hydroxylation is 1. The molecule has 0 aliphatic carbocycles. The van der Waals surface area contributed by atoms with Crippen LogP contribution in [-0.4, -0.2) is 41.6 Å². The number of hydrogen-bond acceptors (Lipinski definition) is 8. The van der Waals surface area contributed by atoms with E-state index in [9.17, 15) is 5.11 Å². The first-order chi connectivity index (χ1) is 25.9. The van der Waals surface area contributed by atoms with Crippen LogP contribution in [0.5, 0.6) is 11.5 Å². The fourth-order valence-electron chi connectivity index (χ4n) is 6.30. The van der Waals surface area contributed by atoms with Crippen LogP contribution in [0.25, 0.3) is 22.3 Å². The first kappa shape index (κ1) is 39.3. The summed E-state index contributed by atoms with van der Waals surface area (Å²) in [6.45, 7) is 5.74. The minimum Gasteiger partial charge on any atom is -0.454 e. The number of rotatable bonds is 15. The number of thioether (sulfide) groups is 1. The monoisotopic (exact) mass is 830 g/mol. The molecule has 6 rings (SSSR count). The number of benzene rings is 4. The molecule has 4 N–H and O–H groups in total. The molecule has 0 aliphatic heterocycles. The normalized spacial score (nSPS) is 13.3. The Morgan fingerprint density at radius 2 is 1.80 bits per heavy atom. The Morgan fingerprint density at radius 1 is 1.02 bits per heavy atom. The Kier molecular flexibility index (Phi) is 12.0. The maximum absolute atomic E-state index is 15.8. The van der Waals surface area contributed by atoms with Crippen LogP contribution in [0.15, 0.2) is 112 Å². The highest BCUT2D eigenvalue weighted by atomic mass is 79.9. The molecule has 6 aromatic rings. The van der Waals surface area contributed by atoms with E-state index in [2.05, 4.69) is 36.7 Å². The summed E-state index contributed by atoms with van der Waals surface area (Å²) in [6, 6.07) is 25.1. The van der Waals surface area contributed by atoms with Gasteiger partial charge in [-0.25, -0.2) is 18.4 Å². The fourth-order valence-corrected chi connectivity index (χ4v) is 8.95. The van der Waals surface area contributed by atoms with Gasteiger partial charge in [0.1, 0.15) is 11.6 Å². The lowest BCUT2D eigenvalue weighted by atomic mass is 9.79. The molecule has 0 radical (unpaired) electrons. The van der Waals surface area contributed by atoms with Gasteiger partial charge >= 0.3 is 0 Å². The van der Waals surface area contributed by atoms with E-state index < -0.39 is 23.7 Å². The second-order valence-corrected chi connectivity index (χ2v) is 16.8. The van der Waals surface area contributed by atoms with E-state index in [-0.39, 0.29) is 33.9 Å². The Hall–Kier alpha value is -4.43. The molecule has 1 atom stereocenters. The summed E-state index contributed by atoms with van der Waals surface area (Å²) in [4.78, 5) is 5.91. The SMILES string of the molecule is Cn1nc(C(C)(CCSCC(C)(C)/C(C=N)=C/N)c2cccc(Br)c2)nc1-c1cc(Oc2c(F)cc3c(ccn3Sc3ccccc3)c2CO)ccc1F. The van der Waals surface area contributed by atoms with Gasteiger partial charge in [0.05, 0.1) is 23.1 Å². The molecular formula is C41H41BrF2N6O2S2. The van der Waals surface area contributed by atoms with Crippen molar-refractivity contribution in [3.05, 3.63) is 136 Å². The van der Waals surface area contributed by atoms with Crippen LogP contribution in [0.1, 0.15) is 44.1 Å². The number of fused-ring (bicyclic) bond motifs is 1. The number of nitrogens with one attached hydrogen (secondary N) is 1. The summed E-state index contributed by atoms with van der Waals surface area (Å²) < 4.78 is 41.9. The van der Waals surface area contributed by atoms with Crippen LogP contribution in [0, 0.1) is 22.5 Å². The number of halogens is 3. The van der Waals surface area contributed by atoms with Crippen molar-refractivity contribution < 1.29 is 18.6 Å². The van der Waals surface area contributed by atoms with E-state index in [0.29, 0.717) is 23.1 Å². The molecule has 0 aliphatic rings. The van der Waals surface area contributed by atoms with Crippen molar-refractivity contribution in [3.8, 4) is 22.9 Å². The summed E-state index contributed by atoms with van der Waals surface area (Å²) in [5.41, 5.74) is 7.60. The summed E-state index contributed by atoms with van der Waals surface area (Å²) in [6.07, 6.45) is 5.28. The largest absolute Gasteiger partial charge is 0.454 e. The summed E-state index contributed by atoms with van der Waals surface area (Å²) in [5.74, 6) is 1.13. The molecule has 280 valence electrons. The third-order valence-electron chi connectivity index (χ3n) is 9.52. The lowest BCUT2D eigenvalue weighted by Crippen LogP contribution is -2.27. The topological polar surface area (TPSA) is 115 Å². The minimum atomic E-state index is -0.661. The number of nitrogens with zero attached hydrogens (tertiary/aromatic N) is 4. The quantitative estimate of drug-likeness (QED) is 0.0697. The maximum atomic E-state index is 15.8. The maximum Gasteiger partial charge on any atom is 0.169 e. The molecule has 2 aromatic heterocycles. The smallest absolute Gasteiger partial charge is 0.169 e. The fraction of sp³-hybridized carbons (Fsp3) is 0.244. The van der Waals surface area contributed by atoms with Crippen molar-refractivity contribution >= 4 is 56.8 Å². The van der Waals surface area contributed by atoms with Crippen LogP contribution >= 0.6 is 39.6 Å². The number of aliphatic hydroxyl groups excluding tert-OH is 1. The van der Waals surface area contributed by atoms with Gasteiger partial charge in [0, 0.05) is 57.0 Å². The van der Waals surface area contributed by atoms with Crippen LogP contribution in [0.4, 0.5) is 8.78 Å². The second-order valence-electron chi connectivity index (χ2n) is 13.7. The van der Waals surface area contributed by atoms with E-state index in [1.165, 1.54) is 48.6 Å². The molecule has 54 heavy (non-hydrogen) atoms. The van der Waals surface area contributed by atoms with Gasteiger partial charge in [-0.1, -0.05) is 60.1 Å². The van der Waals surface area contributed by atoms with Crippen LogP contribution < -0.4 is 10.5 Å². The summed E-state index contributed by atoms with van der Waals surface area (Å²) in [7, 11) is 1.71. The Morgan fingerprint density at radius 3 is 2.50 bits per heavy atom. The van der Waals surface area contributed by atoms with Gasteiger partial charge in [-0.2, -0.15) is 16.9 Å². The first-order valence-corrected chi connectivity index (χ1v) is 19.9. The molecule has 0 saturated heterocycles. The van der Waals surface area contributed by atoms with Gasteiger partial charge in [-0.3, -0.25) is 3.97 Å². The molecule has 0 bridgehead atoms. The lowest BCUT2D eigenvalue weighted by molar-refractivity contribution is 0.276. The molecule has 0 fully saturated rings. The Labute approximate surface area is 330 Å². The number of ether oxygens (including phenoxy) is 1. The van der Waals surface area contributed by atoms with Crippen molar-refractivity contribution in [2.24, 2.45) is 18.2 Å². The van der Waals surface area contributed by atoms with E-state index >= 15 is 8.78 Å². The Balaban J connectivity index is 1.31. The highest BCUT2D eigenvalue weighted by Gasteiger charge is 2.35. The van der Waals surface area contributed by atoms with E-state index in [0.717, 1.165) is 32.0 Å². The summed E-state index contributed by atoms with van der Waals surface area (Å²) in [5, 5.41) is 23.6. The molecule has 0 spiro atoms. The lowest BCUT2D eigenvalue weighted by Gasteiger charge is -2.29. The summed E-state index contributed by atoms with van der Waals surface area (Å²) >= 11 is 6.80. The van der Waals surface area contributed by atoms with Gasteiger partial charge in [0.25, 0.3) is 0 Å². The molecule has 0 saturated carbocycles. The number of hydrogen-bond donors (Lipinski definition) is 3. The third-order valence-corrected chi connectivity index (χ3v) is 12.4. The van der Waals surface area contributed by atoms with Crippen LogP contribution in [0.3, 0.4) is 0 Å². The zero-order valence-corrected chi connectivity index (χ0v) is 33.5. The van der Waals surface area contributed by atoms with E-state index in [4.69, 9.17) is 26.0 Å². The molecule has 2 heterocycles. The highest BCUT2D eigenvalue weighted by molar-refractivity contribution is 9.10. The third kappa shape index (κ3) is 8.14. The molecule has 1 unspecified atom stereocenters. The molecular weight excluding hydrogens is 791 g/mol. The van der Waals surface area contributed by atoms with Crippen LogP contribution in [-0.2, 0) is 19.1 Å². The first-order valence-electron chi connectivity index (χ1n) is 17.2. The molecule has 13 heteroatoms. The molecule has 0 amide bonds. The van der Waals surface area contributed by atoms with Gasteiger partial charge in [-0.05, 0) is 96.9 Å². The Bertz CT molecular complexity index is 2330. The number of aliphatic hydroxyl groups is 1. The zero-order valence-electron chi connectivity index (χ0n) is 30.3. The van der Waals surface area contributed by atoms with Gasteiger partial charge in [0.2, 0.25) is 0 Å². The van der Waals surface area contributed by atoms with Gasteiger partial charge < -0.3 is 21.0 Å². The zero-order chi connectivity index (χ0) is 38.6. The molecule has 8 nitrogen and oxygen atoms in total. The average Bonchev–Trinajstić information content (AvgIpc) is 3.74. The number of nitrogens with two attached hydrogens (primary N) is 1. The van der Waals surface area contributed by atoms with Gasteiger partial charge in [0.15, 0.2) is 23.2 Å². The van der Waals surface area contributed by atoms with E-state index in [1.807, 2.05) is 70.8 Å². The number of aromatic nitrogens is 4. The number of allylic oxidation sites excluding steroid dienone is 1. The highest BCUT2D eigenvalue weighted by Crippen LogP contribution is 2.41. The van der Waals surface area contributed by atoms with Crippen molar-refractivity contribution in [2.75, 3.05) is 11.5 Å². The van der Waals surface area contributed by atoms with E-state index in [1.54, 1.807) is 23.5 Å². The predicted octanol–water partition coefficient (Wildman–Crippen LogP) is 10.3. The van der Waals surface area contributed by atoms with Crippen molar-refractivity contribution in [1.82, 2.24) is 18.7 Å². The second kappa shape index (κ2) is 16.5. The van der Waals surface area contributed by atoms with Crippen molar-refractivity contribution in [1.29, 1.82) is 5.41 Å². The predicted molar refractivity (Wildman–Crippen MR) is 219 cm³/mol. The molecule has 4 aromatic carbocycles. The van der Waals surface area contributed by atoms with Crippen molar-refractivity contribution in [2.45, 2.75) is 44.1 Å². The van der Waals surface area contributed by atoms with Crippen LogP contribution in [0.2, 0.25) is 0 Å². The minimum absolute atomic E-state index is 0.131. The standard InChI is InChI=1S/C41H41BrF2N6O2S2/c1-40(2,27(22-45)23-46)25-53-18-16-41(3,26-9-8-10-28(42)19-26)39-47-38(49(4)48-39)32-20-29(13-14-34(32)43)52-37-33(24-51)31-15-17-50(36(31)21-35(37)44)54-30-11-6-5-7-12-30/h5-15,17,19-23,45,51H,16,18,24-25,46H2,1-4H3/b27-23+,45-22?. The van der Waals surface area contributed by atoms with Gasteiger partial charge in [-0.15, -0.1) is 0 Å².